The molecule has 0 spiro atoms. The first-order valence-electron chi connectivity index (χ1n) is 11.8. The number of nitrogens with one attached hydrogen (secondary N) is 1. The molecule has 0 saturated heterocycles. The number of hydrogen-bond acceptors (Lipinski definition) is 3. The van der Waals surface area contributed by atoms with Gasteiger partial charge in [0.15, 0.2) is 0 Å². The predicted molar refractivity (Wildman–Crippen MR) is 139 cm³/mol. The zero-order valence-electron chi connectivity index (χ0n) is 19.8. The molecule has 0 aliphatic heterocycles. The molecule has 4 rings (SSSR count). The third kappa shape index (κ3) is 5.64. The average Bonchev–Trinajstić information content (AvgIpc) is 2.85. The van der Waals surface area contributed by atoms with E-state index in [-0.39, 0.29) is 0 Å². The SMILES string of the molecule is CCCOc1cccc(CCNCc2cc(-c3ccc(C)c(C(=O)O)c3)c3ccccc3c2)c1. The summed E-state index contributed by atoms with van der Waals surface area (Å²) >= 11 is 0. The topological polar surface area (TPSA) is 58.6 Å². The van der Waals surface area contributed by atoms with Gasteiger partial charge in [-0.05, 0) is 95.2 Å². The molecule has 0 amide bonds. The number of aromatic carboxylic acids is 1. The summed E-state index contributed by atoms with van der Waals surface area (Å²) in [5.74, 6) is 0.0305. The zero-order valence-corrected chi connectivity index (χ0v) is 19.8. The molecule has 0 heterocycles. The summed E-state index contributed by atoms with van der Waals surface area (Å²) in [5.41, 5.74) is 5.51. The monoisotopic (exact) mass is 453 g/mol. The van der Waals surface area contributed by atoms with Gasteiger partial charge in [0.05, 0.1) is 12.2 Å². The standard InChI is InChI=1S/C30H31NO3/c1-3-15-34-26-9-6-7-22(17-26)13-14-31-20-23-16-24-8-4-5-10-27(24)29(18-23)25-12-11-21(2)28(19-25)30(32)33/h4-12,16-19,31H,3,13-15,20H2,1-2H3,(H,32,33). The minimum Gasteiger partial charge on any atom is -0.494 e. The average molecular weight is 454 g/mol. The van der Waals surface area contributed by atoms with Crippen LogP contribution < -0.4 is 10.1 Å². The summed E-state index contributed by atoms with van der Waals surface area (Å²) in [6.07, 6.45) is 1.92. The van der Waals surface area contributed by atoms with E-state index in [1.54, 1.807) is 6.07 Å². The summed E-state index contributed by atoms with van der Waals surface area (Å²) in [5, 5.41) is 15.4. The van der Waals surface area contributed by atoms with Gasteiger partial charge in [0.2, 0.25) is 0 Å². The highest BCUT2D eigenvalue weighted by molar-refractivity contribution is 5.99. The molecule has 0 saturated carbocycles. The van der Waals surface area contributed by atoms with Gasteiger partial charge >= 0.3 is 5.97 Å². The number of carboxylic acid groups (broad SMARTS) is 1. The molecule has 0 aliphatic rings. The highest BCUT2D eigenvalue weighted by atomic mass is 16.5. The Morgan fingerprint density at radius 1 is 0.941 bits per heavy atom. The Bertz CT molecular complexity index is 1300. The van der Waals surface area contributed by atoms with Gasteiger partial charge in [-0.25, -0.2) is 4.79 Å². The number of rotatable bonds is 10. The van der Waals surface area contributed by atoms with E-state index >= 15 is 0 Å². The van der Waals surface area contributed by atoms with Gasteiger partial charge in [-0.2, -0.15) is 0 Å². The van der Waals surface area contributed by atoms with Crippen molar-refractivity contribution in [3.63, 3.8) is 0 Å². The van der Waals surface area contributed by atoms with Crippen LogP contribution in [-0.4, -0.2) is 24.2 Å². The van der Waals surface area contributed by atoms with E-state index in [1.807, 2.05) is 43.3 Å². The van der Waals surface area contributed by atoms with E-state index in [4.69, 9.17) is 4.74 Å². The van der Waals surface area contributed by atoms with Crippen LogP contribution in [0.15, 0.2) is 78.9 Å². The molecule has 4 heteroatoms. The summed E-state index contributed by atoms with van der Waals surface area (Å²) in [7, 11) is 0. The minimum absolute atomic E-state index is 0.343. The van der Waals surface area contributed by atoms with Crippen LogP contribution in [-0.2, 0) is 13.0 Å². The van der Waals surface area contributed by atoms with E-state index in [0.717, 1.165) is 65.8 Å². The van der Waals surface area contributed by atoms with Gasteiger partial charge in [-0.1, -0.05) is 55.5 Å². The smallest absolute Gasteiger partial charge is 0.335 e. The van der Waals surface area contributed by atoms with Crippen LogP contribution in [0.2, 0.25) is 0 Å². The maximum atomic E-state index is 11.7. The van der Waals surface area contributed by atoms with Crippen LogP contribution in [0.4, 0.5) is 0 Å². The van der Waals surface area contributed by atoms with E-state index in [2.05, 4.69) is 48.6 Å². The first-order valence-corrected chi connectivity index (χ1v) is 11.8. The Labute approximate surface area is 201 Å². The molecule has 174 valence electrons. The highest BCUT2D eigenvalue weighted by Crippen LogP contribution is 2.31. The number of hydrogen-bond donors (Lipinski definition) is 2. The molecular formula is C30H31NO3. The van der Waals surface area contributed by atoms with E-state index in [1.165, 1.54) is 11.1 Å². The maximum absolute atomic E-state index is 11.7. The van der Waals surface area contributed by atoms with Gasteiger partial charge in [0, 0.05) is 6.54 Å². The third-order valence-corrected chi connectivity index (χ3v) is 5.99. The first-order chi connectivity index (χ1) is 16.5. The van der Waals surface area contributed by atoms with Gasteiger partial charge < -0.3 is 15.2 Å². The molecule has 2 N–H and O–H groups in total. The first kappa shape index (κ1) is 23.5. The predicted octanol–water partition coefficient (Wildman–Crippen LogP) is 6.63. The number of fused-ring (bicyclic) bond motifs is 1. The lowest BCUT2D eigenvalue weighted by Crippen LogP contribution is -2.16. The van der Waals surface area contributed by atoms with Crippen LogP contribution in [0.3, 0.4) is 0 Å². The molecule has 4 aromatic carbocycles. The van der Waals surface area contributed by atoms with Crippen LogP contribution in [0.5, 0.6) is 5.75 Å². The van der Waals surface area contributed by atoms with Gasteiger partial charge in [-0.15, -0.1) is 0 Å². The Morgan fingerprint density at radius 3 is 2.62 bits per heavy atom. The fourth-order valence-electron chi connectivity index (χ4n) is 4.21. The number of carbonyl (C=O) groups is 1. The molecular weight excluding hydrogens is 422 g/mol. The van der Waals surface area contributed by atoms with Crippen molar-refractivity contribution in [3.05, 3.63) is 101 Å². The second-order valence-corrected chi connectivity index (χ2v) is 8.62. The van der Waals surface area contributed by atoms with Crippen molar-refractivity contribution in [2.24, 2.45) is 0 Å². The fraction of sp³-hybridized carbons (Fsp3) is 0.233. The van der Waals surface area contributed by atoms with Gasteiger partial charge in [-0.3, -0.25) is 0 Å². The second-order valence-electron chi connectivity index (χ2n) is 8.62. The van der Waals surface area contributed by atoms with Crippen molar-refractivity contribution in [2.45, 2.75) is 33.2 Å². The number of carboxylic acids is 1. The van der Waals surface area contributed by atoms with Crippen molar-refractivity contribution in [3.8, 4) is 16.9 Å². The quantitative estimate of drug-likeness (QED) is 0.264. The second kappa shape index (κ2) is 11.0. The number of aryl methyl sites for hydroxylation is 1. The molecule has 0 unspecified atom stereocenters. The largest absolute Gasteiger partial charge is 0.494 e. The summed E-state index contributed by atoms with van der Waals surface area (Å²) in [6.45, 7) is 6.27. The summed E-state index contributed by atoms with van der Waals surface area (Å²) in [6, 6.07) is 26.6. The van der Waals surface area contributed by atoms with Crippen molar-refractivity contribution >= 4 is 16.7 Å². The molecule has 4 nitrogen and oxygen atoms in total. The molecule has 34 heavy (non-hydrogen) atoms. The Balaban J connectivity index is 1.51. The maximum Gasteiger partial charge on any atom is 0.335 e. The van der Waals surface area contributed by atoms with Crippen molar-refractivity contribution < 1.29 is 14.6 Å². The lowest BCUT2D eigenvalue weighted by Gasteiger charge is -2.13. The lowest BCUT2D eigenvalue weighted by molar-refractivity contribution is 0.0696. The lowest BCUT2D eigenvalue weighted by atomic mass is 9.93. The summed E-state index contributed by atoms with van der Waals surface area (Å²) in [4.78, 5) is 11.7. The van der Waals surface area contributed by atoms with Crippen molar-refractivity contribution in [2.75, 3.05) is 13.2 Å². The fourth-order valence-corrected chi connectivity index (χ4v) is 4.21. The highest BCUT2D eigenvalue weighted by Gasteiger charge is 2.12. The summed E-state index contributed by atoms with van der Waals surface area (Å²) < 4.78 is 5.74. The zero-order chi connectivity index (χ0) is 23.9. The third-order valence-electron chi connectivity index (χ3n) is 5.99. The van der Waals surface area contributed by atoms with E-state index < -0.39 is 5.97 Å². The van der Waals surface area contributed by atoms with E-state index in [0.29, 0.717) is 5.56 Å². The molecule has 4 aromatic rings. The van der Waals surface area contributed by atoms with Gasteiger partial charge in [0.1, 0.15) is 5.75 Å². The molecule has 0 radical (unpaired) electrons. The van der Waals surface area contributed by atoms with Crippen molar-refractivity contribution in [1.82, 2.24) is 5.32 Å². The normalized spacial score (nSPS) is 11.0. The Hall–Kier alpha value is -3.63. The minimum atomic E-state index is -0.898. The van der Waals surface area contributed by atoms with Crippen LogP contribution in [0, 0.1) is 6.92 Å². The van der Waals surface area contributed by atoms with Crippen LogP contribution in [0.1, 0.15) is 40.4 Å². The molecule has 0 aliphatic carbocycles. The number of ether oxygens (including phenoxy) is 1. The molecule has 0 bridgehead atoms. The van der Waals surface area contributed by atoms with Crippen molar-refractivity contribution in [1.29, 1.82) is 0 Å². The molecule has 0 fully saturated rings. The molecule has 0 atom stereocenters. The number of benzene rings is 4. The van der Waals surface area contributed by atoms with Crippen LogP contribution in [0.25, 0.3) is 21.9 Å². The van der Waals surface area contributed by atoms with Crippen LogP contribution >= 0.6 is 0 Å². The van der Waals surface area contributed by atoms with Gasteiger partial charge in [0.25, 0.3) is 0 Å². The Kier molecular flexibility index (Phi) is 7.61. The van der Waals surface area contributed by atoms with E-state index in [9.17, 15) is 9.90 Å². The Morgan fingerprint density at radius 2 is 1.79 bits per heavy atom. The molecule has 0 aromatic heterocycles.